The van der Waals surface area contributed by atoms with Gasteiger partial charge in [0.2, 0.25) is 0 Å². The average molecular weight is 260 g/mol. The summed E-state index contributed by atoms with van der Waals surface area (Å²) in [4.78, 5) is 14.6. The maximum Gasteiger partial charge on any atom is 0.309 e. The molecule has 90 valence electrons. The molecule has 5 nitrogen and oxygen atoms in total. The Labute approximate surface area is 108 Å². The number of nitriles is 1. The summed E-state index contributed by atoms with van der Waals surface area (Å²) in [7, 11) is 0. The fourth-order valence-corrected chi connectivity index (χ4v) is 2.18. The number of carbonyl (C=O) groups is 1. The largest absolute Gasteiger partial charge is 0.481 e. The Hall–Kier alpha value is -2.26. The minimum Gasteiger partial charge on any atom is -0.481 e. The fraction of sp³-hybridized carbons (Fsp3) is 0.167. The van der Waals surface area contributed by atoms with Crippen molar-refractivity contribution in [2.75, 3.05) is 0 Å². The van der Waals surface area contributed by atoms with Crippen LogP contribution in [0.2, 0.25) is 0 Å². The van der Waals surface area contributed by atoms with Crippen LogP contribution in [0, 0.1) is 11.3 Å². The van der Waals surface area contributed by atoms with Crippen LogP contribution >= 0.6 is 11.3 Å². The van der Waals surface area contributed by atoms with Gasteiger partial charge in [0, 0.05) is 23.1 Å². The van der Waals surface area contributed by atoms with Crippen molar-refractivity contribution in [2.45, 2.75) is 13.0 Å². The van der Waals surface area contributed by atoms with E-state index in [4.69, 9.17) is 10.4 Å². The maximum atomic E-state index is 10.4. The van der Waals surface area contributed by atoms with Crippen LogP contribution in [-0.2, 0) is 11.3 Å². The summed E-state index contributed by atoms with van der Waals surface area (Å²) in [6.45, 7) is 0.441. The first-order chi connectivity index (χ1) is 8.69. The van der Waals surface area contributed by atoms with E-state index in [1.54, 1.807) is 9.95 Å². The molecule has 0 amide bonds. The van der Waals surface area contributed by atoms with Crippen molar-refractivity contribution in [1.29, 1.82) is 5.26 Å². The van der Waals surface area contributed by atoms with E-state index in [1.807, 2.05) is 30.6 Å². The third-order valence-corrected chi connectivity index (χ3v) is 3.23. The molecule has 2 heterocycles. The van der Waals surface area contributed by atoms with Crippen molar-refractivity contribution in [3.8, 4) is 16.6 Å². The van der Waals surface area contributed by atoms with Crippen molar-refractivity contribution in [3.63, 3.8) is 0 Å². The van der Waals surface area contributed by atoms with Crippen molar-refractivity contribution in [1.82, 2.24) is 4.98 Å². The Balaban J connectivity index is 2.12. The molecule has 2 aromatic heterocycles. The highest BCUT2D eigenvalue weighted by Gasteiger charge is 2.08. The minimum absolute atomic E-state index is 0.0971. The first-order valence-electron chi connectivity index (χ1n) is 5.26. The molecule has 0 aliphatic rings. The molecule has 0 bridgehead atoms. The number of hydrogen-bond acceptors (Lipinski definition) is 4. The second kappa shape index (κ2) is 5.38. The molecule has 0 spiro atoms. The highest BCUT2D eigenvalue weighted by molar-refractivity contribution is 7.13. The number of carboxylic acids is 1. The van der Waals surface area contributed by atoms with E-state index in [0.29, 0.717) is 12.2 Å². The zero-order valence-corrected chi connectivity index (χ0v) is 10.2. The van der Waals surface area contributed by atoms with Gasteiger partial charge in [-0.2, -0.15) is 5.26 Å². The molecule has 6 heteroatoms. The van der Waals surface area contributed by atoms with E-state index >= 15 is 0 Å². The summed E-state index contributed by atoms with van der Waals surface area (Å²) in [6, 6.07) is 5.72. The normalized spacial score (nSPS) is 9.94. The van der Waals surface area contributed by atoms with Crippen LogP contribution in [0.15, 0.2) is 29.9 Å². The van der Waals surface area contributed by atoms with Gasteiger partial charge in [-0.25, -0.2) is 9.55 Å². The Bertz CT molecular complexity index is 599. The number of aryl methyl sites for hydroxylation is 1. The molecule has 0 saturated heterocycles. The third kappa shape index (κ3) is 2.90. The van der Waals surface area contributed by atoms with Gasteiger partial charge in [-0.05, 0) is 0 Å². The van der Waals surface area contributed by atoms with Crippen molar-refractivity contribution in [3.05, 3.63) is 35.6 Å². The van der Waals surface area contributed by atoms with Gasteiger partial charge in [0.05, 0.1) is 0 Å². The van der Waals surface area contributed by atoms with Gasteiger partial charge >= 0.3 is 5.97 Å². The number of pyridine rings is 1. The SMILES string of the molecule is N#Cc1csc(-c2cc[n+](CCC(=O)O)cc2)n1. The maximum absolute atomic E-state index is 10.4. The molecule has 0 aliphatic heterocycles. The molecule has 0 saturated carbocycles. The third-order valence-electron chi connectivity index (χ3n) is 2.34. The number of rotatable bonds is 4. The Morgan fingerprint density at radius 3 is 2.78 bits per heavy atom. The summed E-state index contributed by atoms with van der Waals surface area (Å²) in [5.74, 6) is -0.815. The van der Waals surface area contributed by atoms with Crippen LogP contribution in [0.5, 0.6) is 0 Å². The van der Waals surface area contributed by atoms with Gasteiger partial charge in [-0.3, -0.25) is 4.79 Å². The molecular weight excluding hydrogens is 250 g/mol. The molecular formula is C12H10N3O2S+. The van der Waals surface area contributed by atoms with E-state index in [-0.39, 0.29) is 6.42 Å². The lowest BCUT2D eigenvalue weighted by Crippen LogP contribution is -2.33. The number of thiazole rings is 1. The molecule has 2 rings (SSSR count). The molecule has 0 fully saturated rings. The number of aromatic nitrogens is 2. The fourth-order valence-electron chi connectivity index (χ4n) is 1.43. The second-order valence-corrected chi connectivity index (χ2v) is 4.48. The van der Waals surface area contributed by atoms with Crippen LogP contribution in [0.1, 0.15) is 12.1 Å². The number of aliphatic carboxylic acids is 1. The first kappa shape index (κ1) is 12.2. The lowest BCUT2D eigenvalue weighted by molar-refractivity contribution is -0.695. The Kier molecular flexibility index (Phi) is 3.65. The molecule has 0 radical (unpaired) electrons. The highest BCUT2D eigenvalue weighted by Crippen LogP contribution is 2.21. The van der Waals surface area contributed by atoms with E-state index in [2.05, 4.69) is 4.98 Å². The quantitative estimate of drug-likeness (QED) is 0.844. The topological polar surface area (TPSA) is 77.9 Å². The zero-order chi connectivity index (χ0) is 13.0. The van der Waals surface area contributed by atoms with Crippen LogP contribution in [0.4, 0.5) is 0 Å². The van der Waals surface area contributed by atoms with Crippen LogP contribution in [0.3, 0.4) is 0 Å². The zero-order valence-electron chi connectivity index (χ0n) is 9.41. The van der Waals surface area contributed by atoms with Gasteiger partial charge in [0.1, 0.15) is 17.5 Å². The first-order valence-corrected chi connectivity index (χ1v) is 6.14. The molecule has 0 atom stereocenters. The molecule has 0 aromatic carbocycles. The minimum atomic E-state index is -0.815. The van der Waals surface area contributed by atoms with E-state index in [9.17, 15) is 4.79 Å². The van der Waals surface area contributed by atoms with Crippen LogP contribution in [-0.4, -0.2) is 16.1 Å². The molecule has 1 N–H and O–H groups in total. The van der Waals surface area contributed by atoms with Crippen molar-refractivity contribution in [2.24, 2.45) is 0 Å². The Morgan fingerprint density at radius 1 is 1.50 bits per heavy atom. The predicted molar refractivity (Wildman–Crippen MR) is 64.7 cm³/mol. The summed E-state index contributed by atoms with van der Waals surface area (Å²) in [5.41, 5.74) is 1.34. The second-order valence-electron chi connectivity index (χ2n) is 3.62. The molecule has 0 aliphatic carbocycles. The van der Waals surface area contributed by atoms with Crippen LogP contribution < -0.4 is 4.57 Å². The summed E-state index contributed by atoms with van der Waals surface area (Å²) < 4.78 is 1.80. The van der Waals surface area contributed by atoms with Gasteiger partial charge in [-0.1, -0.05) is 0 Å². The lowest BCUT2D eigenvalue weighted by Gasteiger charge is -1.96. The van der Waals surface area contributed by atoms with E-state index in [0.717, 1.165) is 10.6 Å². The number of hydrogen-bond donors (Lipinski definition) is 1. The van der Waals surface area contributed by atoms with E-state index < -0.39 is 5.97 Å². The summed E-state index contributed by atoms with van der Waals surface area (Å²) in [5, 5.41) is 19.8. The van der Waals surface area contributed by atoms with E-state index in [1.165, 1.54) is 11.3 Å². The van der Waals surface area contributed by atoms with Gasteiger partial charge in [0.25, 0.3) is 0 Å². The van der Waals surface area contributed by atoms with Crippen LogP contribution in [0.25, 0.3) is 10.6 Å². The predicted octanol–water partition coefficient (Wildman–Crippen LogP) is 1.44. The Morgan fingerprint density at radius 2 is 2.22 bits per heavy atom. The van der Waals surface area contributed by atoms with Gasteiger partial charge in [0.15, 0.2) is 24.6 Å². The van der Waals surface area contributed by atoms with Gasteiger partial charge < -0.3 is 5.11 Å². The van der Waals surface area contributed by atoms with Gasteiger partial charge in [-0.15, -0.1) is 11.3 Å². The monoisotopic (exact) mass is 260 g/mol. The average Bonchev–Trinajstić information content (AvgIpc) is 2.85. The lowest BCUT2D eigenvalue weighted by atomic mass is 10.3. The highest BCUT2D eigenvalue weighted by atomic mass is 32.1. The molecule has 0 unspecified atom stereocenters. The smallest absolute Gasteiger partial charge is 0.309 e. The summed E-state index contributed by atoms with van der Waals surface area (Å²) in [6.07, 6.45) is 3.72. The number of nitrogens with zero attached hydrogens (tertiary/aromatic N) is 3. The molecule has 2 aromatic rings. The van der Waals surface area contributed by atoms with Crippen molar-refractivity contribution >= 4 is 17.3 Å². The number of carboxylic acid groups (broad SMARTS) is 1. The van der Waals surface area contributed by atoms with Crippen molar-refractivity contribution < 1.29 is 14.5 Å². The standard InChI is InChI=1S/C12H9N3O2S/c13-7-10-8-18-12(14-10)9-1-4-15(5-2-9)6-3-11(16)17/h1-2,4-5,8H,3,6H2/p+1. The molecule has 18 heavy (non-hydrogen) atoms. The summed E-state index contributed by atoms with van der Waals surface area (Å²) >= 11 is 1.41.